The summed E-state index contributed by atoms with van der Waals surface area (Å²) >= 11 is 5.99. The zero-order chi connectivity index (χ0) is 19.9. The molecule has 1 amide bonds. The van der Waals surface area contributed by atoms with Crippen molar-refractivity contribution in [1.82, 2.24) is 4.98 Å². The summed E-state index contributed by atoms with van der Waals surface area (Å²) in [5.74, 6) is -0.362. The quantitative estimate of drug-likeness (QED) is 0.540. The molecule has 2 N–H and O–H groups in total. The number of pyridine rings is 1. The van der Waals surface area contributed by atoms with Crippen molar-refractivity contribution in [3.63, 3.8) is 0 Å². The number of ether oxygens (including phenoxy) is 3. The van der Waals surface area contributed by atoms with Crippen LogP contribution >= 0.6 is 11.6 Å². The van der Waals surface area contributed by atoms with Gasteiger partial charge in [0.1, 0.15) is 22.6 Å². The van der Waals surface area contributed by atoms with Gasteiger partial charge in [-0.2, -0.15) is 5.26 Å². The standard InChI is InChI=1S/C17H22ClN3O5/c1-17(2,3)12(6-8-25-16(20)23)26-15-14(10(22)5-7-19)11(24-4)9-13(18)21-15/h9,12H,5-6,8H2,1-4H3,(H2,20,23). The van der Waals surface area contributed by atoms with Crippen molar-refractivity contribution in [1.29, 1.82) is 5.26 Å². The molecule has 142 valence electrons. The van der Waals surface area contributed by atoms with Crippen LogP contribution in [0.4, 0.5) is 4.79 Å². The van der Waals surface area contributed by atoms with Crippen molar-refractivity contribution in [2.75, 3.05) is 13.7 Å². The highest BCUT2D eigenvalue weighted by Crippen LogP contribution is 2.34. The fourth-order valence-corrected chi connectivity index (χ4v) is 2.38. The Morgan fingerprint density at radius 3 is 2.58 bits per heavy atom. The zero-order valence-electron chi connectivity index (χ0n) is 15.2. The number of ketones is 1. The van der Waals surface area contributed by atoms with E-state index in [0.29, 0.717) is 6.42 Å². The number of rotatable bonds is 8. The first-order chi connectivity index (χ1) is 12.1. The van der Waals surface area contributed by atoms with Gasteiger partial charge in [-0.3, -0.25) is 4.79 Å². The van der Waals surface area contributed by atoms with Crippen LogP contribution < -0.4 is 15.2 Å². The third-order valence-electron chi connectivity index (χ3n) is 3.50. The maximum atomic E-state index is 12.3. The number of carbonyl (C=O) groups is 2. The van der Waals surface area contributed by atoms with E-state index in [2.05, 4.69) is 4.98 Å². The predicted molar refractivity (Wildman–Crippen MR) is 94.4 cm³/mol. The second-order valence-electron chi connectivity index (χ2n) is 6.51. The molecule has 0 fully saturated rings. The Kier molecular flexibility index (Phi) is 7.65. The molecular formula is C17H22ClN3O5. The van der Waals surface area contributed by atoms with Crippen LogP contribution in [0.2, 0.25) is 5.15 Å². The molecule has 0 spiro atoms. The van der Waals surface area contributed by atoms with E-state index in [0.717, 1.165) is 0 Å². The van der Waals surface area contributed by atoms with Gasteiger partial charge in [-0.05, 0) is 5.41 Å². The van der Waals surface area contributed by atoms with Crippen LogP contribution in [0.25, 0.3) is 0 Å². The number of nitriles is 1. The summed E-state index contributed by atoms with van der Waals surface area (Å²) in [4.78, 5) is 27.2. The molecule has 1 aromatic rings. The Morgan fingerprint density at radius 2 is 2.08 bits per heavy atom. The van der Waals surface area contributed by atoms with Gasteiger partial charge in [0.05, 0.1) is 26.2 Å². The van der Waals surface area contributed by atoms with Crippen molar-refractivity contribution in [2.45, 2.75) is 39.7 Å². The average Bonchev–Trinajstić information content (AvgIpc) is 2.52. The summed E-state index contributed by atoms with van der Waals surface area (Å²) in [6, 6.07) is 3.17. The lowest BCUT2D eigenvalue weighted by Crippen LogP contribution is -2.34. The highest BCUT2D eigenvalue weighted by atomic mass is 35.5. The van der Waals surface area contributed by atoms with Gasteiger partial charge < -0.3 is 19.9 Å². The lowest BCUT2D eigenvalue weighted by Gasteiger charge is -2.31. The normalized spacial score (nSPS) is 12.0. The van der Waals surface area contributed by atoms with E-state index in [1.54, 1.807) is 6.07 Å². The molecule has 0 saturated carbocycles. The van der Waals surface area contributed by atoms with E-state index in [9.17, 15) is 9.59 Å². The SMILES string of the molecule is COc1cc(Cl)nc(OC(CCOC(N)=O)C(C)(C)C)c1C(=O)CC#N. The Balaban J connectivity index is 3.24. The minimum Gasteiger partial charge on any atom is -0.496 e. The van der Waals surface area contributed by atoms with E-state index in [4.69, 9.17) is 36.8 Å². The summed E-state index contributed by atoms with van der Waals surface area (Å²) in [5, 5.41) is 8.90. The topological polar surface area (TPSA) is 125 Å². The van der Waals surface area contributed by atoms with E-state index in [-0.39, 0.29) is 40.8 Å². The fourth-order valence-electron chi connectivity index (χ4n) is 2.20. The van der Waals surface area contributed by atoms with Crippen molar-refractivity contribution in [3.8, 4) is 17.7 Å². The van der Waals surface area contributed by atoms with Gasteiger partial charge in [0, 0.05) is 12.5 Å². The van der Waals surface area contributed by atoms with Gasteiger partial charge in [-0.1, -0.05) is 32.4 Å². The second-order valence-corrected chi connectivity index (χ2v) is 6.90. The predicted octanol–water partition coefficient (Wildman–Crippen LogP) is 3.12. The molecule has 1 atom stereocenters. The number of Topliss-reactive ketones (excluding diaryl/α,β-unsaturated/α-hetero) is 1. The second kappa shape index (κ2) is 9.25. The molecule has 26 heavy (non-hydrogen) atoms. The summed E-state index contributed by atoms with van der Waals surface area (Å²) in [6.45, 7) is 5.79. The van der Waals surface area contributed by atoms with Crippen LogP contribution in [-0.4, -0.2) is 36.7 Å². The molecular weight excluding hydrogens is 362 g/mol. The van der Waals surface area contributed by atoms with Crippen LogP contribution in [-0.2, 0) is 4.74 Å². The number of carbonyl (C=O) groups excluding carboxylic acids is 2. The molecule has 8 nitrogen and oxygen atoms in total. The number of hydrogen-bond acceptors (Lipinski definition) is 7. The largest absolute Gasteiger partial charge is 0.496 e. The van der Waals surface area contributed by atoms with Crippen LogP contribution in [0.5, 0.6) is 11.6 Å². The van der Waals surface area contributed by atoms with Gasteiger partial charge in [0.2, 0.25) is 5.88 Å². The molecule has 0 aliphatic heterocycles. The van der Waals surface area contributed by atoms with Gasteiger partial charge in [0.25, 0.3) is 0 Å². The molecule has 1 heterocycles. The molecule has 0 bridgehead atoms. The summed E-state index contributed by atoms with van der Waals surface area (Å²) in [6.07, 6.45) is -1.41. The third-order valence-corrected chi connectivity index (χ3v) is 3.69. The smallest absolute Gasteiger partial charge is 0.404 e. The van der Waals surface area contributed by atoms with E-state index in [1.165, 1.54) is 13.2 Å². The molecule has 0 aromatic carbocycles. The Bertz CT molecular complexity index is 710. The van der Waals surface area contributed by atoms with Crippen LogP contribution in [0.3, 0.4) is 0 Å². The lowest BCUT2D eigenvalue weighted by molar-refractivity contribution is 0.0513. The first-order valence-electron chi connectivity index (χ1n) is 7.83. The average molecular weight is 384 g/mol. The molecule has 0 saturated heterocycles. The number of primary amides is 1. The van der Waals surface area contributed by atoms with E-state index in [1.807, 2.05) is 20.8 Å². The van der Waals surface area contributed by atoms with Gasteiger partial charge >= 0.3 is 6.09 Å². The number of hydrogen-bond donors (Lipinski definition) is 1. The number of nitrogens with zero attached hydrogens (tertiary/aromatic N) is 2. The minimum absolute atomic E-state index is 0.0337. The van der Waals surface area contributed by atoms with Crippen molar-refractivity contribution in [3.05, 3.63) is 16.8 Å². The number of aromatic nitrogens is 1. The minimum atomic E-state index is -0.884. The van der Waals surface area contributed by atoms with Gasteiger partial charge in [-0.15, -0.1) is 0 Å². The zero-order valence-corrected chi connectivity index (χ0v) is 15.9. The monoisotopic (exact) mass is 383 g/mol. The Labute approximate surface area is 157 Å². The van der Waals surface area contributed by atoms with E-state index < -0.39 is 18.0 Å². The number of amides is 1. The number of methoxy groups -OCH3 is 1. The maximum absolute atomic E-state index is 12.3. The maximum Gasteiger partial charge on any atom is 0.404 e. The van der Waals surface area contributed by atoms with Crippen LogP contribution in [0, 0.1) is 16.7 Å². The molecule has 0 aliphatic rings. The van der Waals surface area contributed by atoms with Crippen LogP contribution in [0.15, 0.2) is 6.07 Å². The molecule has 1 unspecified atom stereocenters. The first kappa shape index (κ1) is 21.5. The van der Waals surface area contributed by atoms with Gasteiger partial charge in [-0.25, -0.2) is 9.78 Å². The van der Waals surface area contributed by atoms with Gasteiger partial charge in [0.15, 0.2) is 5.78 Å². The van der Waals surface area contributed by atoms with Crippen molar-refractivity contribution in [2.24, 2.45) is 11.1 Å². The Hall–Kier alpha value is -2.53. The molecule has 1 rings (SSSR count). The van der Waals surface area contributed by atoms with Crippen molar-refractivity contribution < 1.29 is 23.8 Å². The Morgan fingerprint density at radius 1 is 1.42 bits per heavy atom. The summed E-state index contributed by atoms with van der Waals surface area (Å²) in [7, 11) is 1.38. The molecule has 0 radical (unpaired) electrons. The van der Waals surface area contributed by atoms with Crippen LogP contribution in [0.1, 0.15) is 44.0 Å². The summed E-state index contributed by atoms with van der Waals surface area (Å²) < 4.78 is 15.9. The highest BCUT2D eigenvalue weighted by molar-refractivity contribution is 6.29. The molecule has 1 aromatic heterocycles. The van der Waals surface area contributed by atoms with E-state index >= 15 is 0 Å². The molecule has 0 aliphatic carbocycles. The lowest BCUT2D eigenvalue weighted by atomic mass is 9.87. The van der Waals surface area contributed by atoms with Crippen molar-refractivity contribution >= 4 is 23.5 Å². The summed E-state index contributed by atoms with van der Waals surface area (Å²) in [5.41, 5.74) is 4.64. The number of nitrogens with two attached hydrogens (primary N) is 1. The third kappa shape index (κ3) is 6.08. The first-order valence-corrected chi connectivity index (χ1v) is 8.21. The number of halogens is 1. The molecule has 9 heteroatoms. The fraction of sp³-hybridized carbons (Fsp3) is 0.529. The highest BCUT2D eigenvalue weighted by Gasteiger charge is 2.30.